The monoisotopic (exact) mass is 436 g/mol. The van der Waals surface area contributed by atoms with Crippen molar-refractivity contribution in [2.24, 2.45) is 0 Å². The van der Waals surface area contributed by atoms with Gasteiger partial charge in [0.1, 0.15) is 5.02 Å². The molecule has 0 saturated heterocycles. The summed E-state index contributed by atoms with van der Waals surface area (Å²) in [5.74, 6) is 0.316. The van der Waals surface area contributed by atoms with Crippen molar-refractivity contribution in [2.75, 3.05) is 22.4 Å². The van der Waals surface area contributed by atoms with Gasteiger partial charge in [-0.3, -0.25) is 4.31 Å². The predicted molar refractivity (Wildman–Crippen MR) is 95.4 cm³/mol. The Labute approximate surface area is 152 Å². The number of fused-ring (bicyclic) bond motifs is 1. The molecule has 0 fully saturated rings. The summed E-state index contributed by atoms with van der Waals surface area (Å²) in [6.45, 7) is 0.393. The lowest BCUT2D eigenvalue weighted by Gasteiger charge is -2.21. The third-order valence-corrected chi connectivity index (χ3v) is 5.78. The van der Waals surface area contributed by atoms with Gasteiger partial charge in [0, 0.05) is 11.0 Å². The zero-order chi connectivity index (χ0) is 16.8. The Morgan fingerprint density at radius 1 is 1.35 bits per heavy atom. The molecule has 1 N–H and O–H groups in total. The van der Waals surface area contributed by atoms with E-state index in [9.17, 15) is 8.42 Å². The minimum absolute atomic E-state index is 0.0469. The van der Waals surface area contributed by atoms with Crippen molar-refractivity contribution >= 4 is 66.3 Å². The molecule has 1 aromatic carbocycles. The summed E-state index contributed by atoms with van der Waals surface area (Å²) in [6.07, 6.45) is 3.19. The Balaban J connectivity index is 2.11. The number of nitrogens with zero attached hydrogens (tertiary/aromatic N) is 3. The van der Waals surface area contributed by atoms with Crippen molar-refractivity contribution in [3.8, 4) is 0 Å². The smallest absolute Gasteiger partial charge is 0.232 e. The Kier molecular flexibility index (Phi) is 4.43. The molecule has 0 atom stereocenters. The van der Waals surface area contributed by atoms with Gasteiger partial charge in [-0.05, 0) is 35.7 Å². The summed E-state index contributed by atoms with van der Waals surface area (Å²) in [6, 6.07) is 3.61. The summed E-state index contributed by atoms with van der Waals surface area (Å²) in [5, 5.41) is 3.38. The van der Waals surface area contributed by atoms with E-state index in [-0.39, 0.29) is 10.3 Å². The Bertz CT molecular complexity index is 892. The fourth-order valence-corrected chi connectivity index (χ4v) is 4.21. The molecule has 1 aliphatic heterocycles. The molecule has 0 bridgehead atoms. The molecule has 122 valence electrons. The molecule has 0 saturated carbocycles. The highest BCUT2D eigenvalue weighted by Gasteiger charge is 2.30. The number of hydrogen-bond acceptors (Lipinski definition) is 5. The van der Waals surface area contributed by atoms with Crippen LogP contribution in [0.1, 0.15) is 5.56 Å². The number of halogens is 3. The highest BCUT2D eigenvalue weighted by Crippen LogP contribution is 2.42. The molecule has 2 aromatic rings. The number of anilines is 3. The molecule has 0 aliphatic carbocycles. The second-order valence-electron chi connectivity index (χ2n) is 4.97. The second kappa shape index (κ2) is 6.08. The van der Waals surface area contributed by atoms with E-state index >= 15 is 0 Å². The van der Waals surface area contributed by atoms with E-state index in [0.717, 1.165) is 10.0 Å². The largest absolute Gasteiger partial charge is 0.337 e. The standard InChI is InChI=1S/C13H11BrCl2N4O2S/c1-23(21,22)20-5-4-7-8(14)2-3-10(11(7)20)18-12-9(15)6-17-13(16)19-12/h2-3,6H,4-5H2,1H3,(H,17,18,19). The third-order valence-electron chi connectivity index (χ3n) is 3.41. The average molecular weight is 438 g/mol. The number of rotatable bonds is 3. The molecular formula is C13H11BrCl2N4O2S. The molecule has 0 spiro atoms. The van der Waals surface area contributed by atoms with E-state index in [2.05, 4.69) is 31.2 Å². The van der Waals surface area contributed by atoms with Crippen LogP contribution in [0.2, 0.25) is 10.3 Å². The maximum Gasteiger partial charge on any atom is 0.232 e. The number of sulfonamides is 1. The van der Waals surface area contributed by atoms with Crippen LogP contribution in [0.3, 0.4) is 0 Å². The molecule has 0 unspecified atom stereocenters. The van der Waals surface area contributed by atoms with E-state index < -0.39 is 10.0 Å². The Morgan fingerprint density at radius 2 is 2.09 bits per heavy atom. The van der Waals surface area contributed by atoms with Gasteiger partial charge in [-0.25, -0.2) is 13.4 Å². The van der Waals surface area contributed by atoms with Crippen LogP contribution >= 0.6 is 39.1 Å². The highest BCUT2D eigenvalue weighted by molar-refractivity contribution is 9.10. The van der Waals surface area contributed by atoms with E-state index in [1.807, 2.05) is 6.07 Å². The summed E-state index contributed by atoms with van der Waals surface area (Å²) < 4.78 is 26.3. The van der Waals surface area contributed by atoms with Crippen LogP contribution < -0.4 is 9.62 Å². The van der Waals surface area contributed by atoms with Gasteiger partial charge in [0.25, 0.3) is 0 Å². The lowest BCUT2D eigenvalue weighted by Crippen LogP contribution is -2.28. The fourth-order valence-electron chi connectivity index (χ4n) is 2.45. The maximum atomic E-state index is 12.0. The quantitative estimate of drug-likeness (QED) is 0.742. The minimum atomic E-state index is -3.39. The lowest BCUT2D eigenvalue weighted by molar-refractivity contribution is 0.598. The molecule has 6 nitrogen and oxygen atoms in total. The van der Waals surface area contributed by atoms with E-state index in [1.165, 1.54) is 16.8 Å². The highest BCUT2D eigenvalue weighted by atomic mass is 79.9. The summed E-state index contributed by atoms with van der Waals surface area (Å²) >= 11 is 15.3. The zero-order valence-electron chi connectivity index (χ0n) is 11.8. The SMILES string of the molecule is CS(=O)(=O)N1CCc2c(Br)ccc(Nc3nc(Cl)ncc3Cl)c21. The first kappa shape index (κ1) is 16.8. The molecule has 1 aliphatic rings. The summed E-state index contributed by atoms with van der Waals surface area (Å²) in [5.41, 5.74) is 2.09. The van der Waals surface area contributed by atoms with Gasteiger partial charge in [0.15, 0.2) is 5.82 Å². The van der Waals surface area contributed by atoms with Crippen LogP contribution in [0.5, 0.6) is 0 Å². The van der Waals surface area contributed by atoms with Gasteiger partial charge < -0.3 is 5.32 Å². The topological polar surface area (TPSA) is 75.2 Å². The lowest BCUT2D eigenvalue weighted by atomic mass is 10.1. The molecule has 1 aromatic heterocycles. The molecule has 23 heavy (non-hydrogen) atoms. The van der Waals surface area contributed by atoms with Crippen LogP contribution in [0, 0.1) is 0 Å². The van der Waals surface area contributed by atoms with E-state index in [0.29, 0.717) is 30.2 Å². The minimum Gasteiger partial charge on any atom is -0.337 e. The molecule has 0 radical (unpaired) electrons. The summed E-state index contributed by atoms with van der Waals surface area (Å²) in [4.78, 5) is 7.83. The van der Waals surface area contributed by atoms with Crippen molar-refractivity contribution in [2.45, 2.75) is 6.42 Å². The summed E-state index contributed by atoms with van der Waals surface area (Å²) in [7, 11) is -3.39. The van der Waals surface area contributed by atoms with Crippen LogP contribution in [-0.2, 0) is 16.4 Å². The first-order valence-corrected chi connectivity index (χ1v) is 9.91. The van der Waals surface area contributed by atoms with Gasteiger partial charge in [-0.15, -0.1) is 0 Å². The number of benzene rings is 1. The first-order valence-electron chi connectivity index (χ1n) is 6.51. The van der Waals surface area contributed by atoms with Crippen molar-refractivity contribution < 1.29 is 8.42 Å². The number of hydrogen-bond donors (Lipinski definition) is 1. The fraction of sp³-hybridized carbons (Fsp3) is 0.231. The van der Waals surface area contributed by atoms with Gasteiger partial charge in [-0.2, -0.15) is 4.98 Å². The van der Waals surface area contributed by atoms with Gasteiger partial charge in [0.2, 0.25) is 15.3 Å². The van der Waals surface area contributed by atoms with Crippen LogP contribution in [0.25, 0.3) is 0 Å². The zero-order valence-corrected chi connectivity index (χ0v) is 15.8. The van der Waals surface area contributed by atoms with Gasteiger partial charge in [0.05, 0.1) is 23.8 Å². The van der Waals surface area contributed by atoms with Gasteiger partial charge in [-0.1, -0.05) is 27.5 Å². The molecule has 0 amide bonds. The Morgan fingerprint density at radius 3 is 2.78 bits per heavy atom. The second-order valence-corrected chi connectivity index (χ2v) is 8.47. The van der Waals surface area contributed by atoms with Gasteiger partial charge >= 0.3 is 0 Å². The molecule has 10 heteroatoms. The van der Waals surface area contributed by atoms with Crippen LogP contribution in [0.15, 0.2) is 22.8 Å². The van der Waals surface area contributed by atoms with Crippen molar-refractivity contribution in [1.29, 1.82) is 0 Å². The third kappa shape index (κ3) is 3.26. The number of aromatic nitrogens is 2. The van der Waals surface area contributed by atoms with E-state index in [4.69, 9.17) is 23.2 Å². The average Bonchev–Trinajstić information content (AvgIpc) is 2.92. The maximum absolute atomic E-state index is 12.0. The Hall–Kier alpha value is -1.09. The van der Waals surface area contributed by atoms with Crippen LogP contribution in [0.4, 0.5) is 17.2 Å². The van der Waals surface area contributed by atoms with Crippen LogP contribution in [-0.4, -0.2) is 31.2 Å². The molecule has 3 rings (SSSR count). The molecular weight excluding hydrogens is 427 g/mol. The molecule has 2 heterocycles. The first-order chi connectivity index (χ1) is 10.8. The van der Waals surface area contributed by atoms with Crippen molar-refractivity contribution in [3.63, 3.8) is 0 Å². The van der Waals surface area contributed by atoms with E-state index in [1.54, 1.807) is 6.07 Å². The van der Waals surface area contributed by atoms with Crippen molar-refractivity contribution in [1.82, 2.24) is 9.97 Å². The van der Waals surface area contributed by atoms with Crippen molar-refractivity contribution in [3.05, 3.63) is 38.7 Å². The predicted octanol–water partition coefficient (Wildman–Crippen LogP) is 3.61. The normalized spacial score (nSPS) is 14.0. The number of nitrogens with one attached hydrogen (secondary N) is 1.